The van der Waals surface area contributed by atoms with E-state index < -0.39 is 5.82 Å². The van der Waals surface area contributed by atoms with Crippen molar-refractivity contribution in [1.29, 1.82) is 0 Å². The number of ether oxygens (including phenoxy) is 2. The zero-order valence-corrected chi connectivity index (χ0v) is 18.7. The Kier molecular flexibility index (Phi) is 5.76. The maximum Gasteiger partial charge on any atom is 0.254 e. The Morgan fingerprint density at radius 3 is 2.76 bits per heavy atom. The molecule has 4 heterocycles. The van der Waals surface area contributed by atoms with E-state index in [0.29, 0.717) is 54.5 Å². The molecule has 3 aromatic heterocycles. The van der Waals surface area contributed by atoms with E-state index in [4.69, 9.17) is 9.47 Å². The Balaban J connectivity index is 1.42. The number of rotatable bonds is 5. The number of fused-ring (bicyclic) bond motifs is 1. The maximum absolute atomic E-state index is 14.6. The van der Waals surface area contributed by atoms with Gasteiger partial charge in [0, 0.05) is 42.8 Å². The summed E-state index contributed by atoms with van der Waals surface area (Å²) in [4.78, 5) is 27.3. The smallest absolute Gasteiger partial charge is 0.254 e. The second-order valence-electron chi connectivity index (χ2n) is 7.74. The van der Waals surface area contributed by atoms with Crippen LogP contribution in [0.1, 0.15) is 10.4 Å². The number of methoxy groups -OCH3 is 1. The predicted molar refractivity (Wildman–Crippen MR) is 122 cm³/mol. The molecule has 1 aliphatic heterocycles. The number of hydrogen-bond donors (Lipinski definition) is 1. The second-order valence-corrected chi connectivity index (χ2v) is 7.74. The van der Waals surface area contributed by atoms with Crippen molar-refractivity contribution in [1.82, 2.24) is 29.6 Å². The van der Waals surface area contributed by atoms with Crippen molar-refractivity contribution in [2.75, 3.05) is 38.7 Å². The molecule has 0 radical (unpaired) electrons. The number of halogens is 1. The van der Waals surface area contributed by atoms with Crippen molar-refractivity contribution in [3.63, 3.8) is 0 Å². The molecule has 0 spiro atoms. The minimum atomic E-state index is -0.575. The number of pyridine rings is 1. The third kappa shape index (κ3) is 4.13. The van der Waals surface area contributed by atoms with E-state index >= 15 is 0 Å². The molecule has 1 aromatic carbocycles. The first-order valence-electron chi connectivity index (χ1n) is 10.7. The molecule has 174 valence electrons. The lowest BCUT2D eigenvalue weighted by atomic mass is 10.1. The standard InChI is InChI=1S/C23H22FN7O3/c1-30-21-16(12-27-30)9-15(11-25-21)20-17(24)13-26-23(29-20)28-18-4-3-14(10-19(18)33-2)22(32)31-5-7-34-8-6-31/h3-4,9-13H,5-8H2,1-2H3,(H,26,28,29). The van der Waals surface area contributed by atoms with Gasteiger partial charge in [-0.3, -0.25) is 9.48 Å². The SMILES string of the molecule is COc1cc(C(=O)N2CCOCC2)ccc1Nc1ncc(F)c(-c2cnc3c(cnn3C)c2)n1. The summed E-state index contributed by atoms with van der Waals surface area (Å²) in [6, 6.07) is 6.84. The molecule has 10 nitrogen and oxygen atoms in total. The van der Waals surface area contributed by atoms with E-state index in [2.05, 4.69) is 25.4 Å². The molecular formula is C23H22FN7O3. The maximum atomic E-state index is 14.6. The minimum Gasteiger partial charge on any atom is -0.495 e. The number of benzene rings is 1. The normalized spacial score (nSPS) is 13.8. The van der Waals surface area contributed by atoms with Crippen LogP contribution in [0.2, 0.25) is 0 Å². The van der Waals surface area contributed by atoms with Crippen LogP contribution in [0.4, 0.5) is 16.0 Å². The van der Waals surface area contributed by atoms with Crippen LogP contribution in [0.15, 0.2) is 42.9 Å². The molecule has 0 unspecified atom stereocenters. The quantitative estimate of drug-likeness (QED) is 0.482. The summed E-state index contributed by atoms with van der Waals surface area (Å²) >= 11 is 0. The highest BCUT2D eigenvalue weighted by Crippen LogP contribution is 2.30. The molecule has 5 rings (SSSR count). The van der Waals surface area contributed by atoms with Crippen LogP contribution in [0.25, 0.3) is 22.3 Å². The highest BCUT2D eigenvalue weighted by molar-refractivity contribution is 5.95. The van der Waals surface area contributed by atoms with Gasteiger partial charge in [-0.1, -0.05) is 0 Å². The van der Waals surface area contributed by atoms with Crippen LogP contribution in [0.5, 0.6) is 5.75 Å². The molecule has 1 saturated heterocycles. The Labute approximate surface area is 194 Å². The largest absolute Gasteiger partial charge is 0.495 e. The summed E-state index contributed by atoms with van der Waals surface area (Å²) in [5, 5.41) is 7.99. The van der Waals surface area contributed by atoms with Crippen molar-refractivity contribution in [2.24, 2.45) is 7.05 Å². The second kappa shape index (κ2) is 9.02. The zero-order valence-electron chi connectivity index (χ0n) is 18.7. The van der Waals surface area contributed by atoms with Crippen molar-refractivity contribution < 1.29 is 18.7 Å². The number of amides is 1. The minimum absolute atomic E-state index is 0.0910. The number of nitrogens with one attached hydrogen (secondary N) is 1. The van der Waals surface area contributed by atoms with E-state index in [0.717, 1.165) is 11.6 Å². The van der Waals surface area contributed by atoms with Gasteiger partial charge in [0.05, 0.1) is 38.4 Å². The Hall–Kier alpha value is -4.12. The third-order valence-electron chi connectivity index (χ3n) is 5.58. The van der Waals surface area contributed by atoms with Gasteiger partial charge in [-0.15, -0.1) is 0 Å². The van der Waals surface area contributed by atoms with Gasteiger partial charge in [0.25, 0.3) is 5.91 Å². The summed E-state index contributed by atoms with van der Waals surface area (Å²) in [5.41, 5.74) is 2.34. The van der Waals surface area contributed by atoms with Gasteiger partial charge >= 0.3 is 0 Å². The first-order chi connectivity index (χ1) is 16.5. The summed E-state index contributed by atoms with van der Waals surface area (Å²) in [6.45, 7) is 2.14. The third-order valence-corrected chi connectivity index (χ3v) is 5.58. The van der Waals surface area contributed by atoms with Crippen LogP contribution in [-0.4, -0.2) is 69.0 Å². The number of aromatic nitrogens is 5. The highest BCUT2D eigenvalue weighted by Gasteiger charge is 2.20. The number of hydrogen-bond acceptors (Lipinski definition) is 8. The Morgan fingerprint density at radius 2 is 1.97 bits per heavy atom. The van der Waals surface area contributed by atoms with Crippen LogP contribution in [-0.2, 0) is 11.8 Å². The fourth-order valence-electron chi connectivity index (χ4n) is 3.80. The fraction of sp³-hybridized carbons (Fsp3) is 0.261. The van der Waals surface area contributed by atoms with Crippen LogP contribution < -0.4 is 10.1 Å². The molecule has 1 fully saturated rings. The number of anilines is 2. The Bertz CT molecular complexity index is 1370. The molecule has 34 heavy (non-hydrogen) atoms. The number of nitrogens with zero attached hydrogens (tertiary/aromatic N) is 6. The number of morpholine rings is 1. The monoisotopic (exact) mass is 463 g/mol. The average molecular weight is 463 g/mol. The molecule has 11 heteroatoms. The number of aryl methyl sites for hydroxylation is 1. The van der Waals surface area contributed by atoms with E-state index in [1.54, 1.807) is 53.3 Å². The lowest BCUT2D eigenvalue weighted by Crippen LogP contribution is -2.40. The summed E-state index contributed by atoms with van der Waals surface area (Å²) in [7, 11) is 3.30. The fourth-order valence-corrected chi connectivity index (χ4v) is 3.80. The van der Waals surface area contributed by atoms with E-state index in [1.807, 2.05) is 0 Å². The molecule has 0 saturated carbocycles. The van der Waals surface area contributed by atoms with Gasteiger partial charge in [-0.2, -0.15) is 5.10 Å². The molecule has 1 N–H and O–H groups in total. The van der Waals surface area contributed by atoms with Gasteiger partial charge in [-0.25, -0.2) is 19.3 Å². The van der Waals surface area contributed by atoms with Crippen molar-refractivity contribution in [2.45, 2.75) is 0 Å². The van der Waals surface area contributed by atoms with Crippen LogP contribution in [0, 0.1) is 5.82 Å². The van der Waals surface area contributed by atoms with E-state index in [-0.39, 0.29) is 17.5 Å². The zero-order chi connectivity index (χ0) is 23.7. The van der Waals surface area contributed by atoms with Crippen LogP contribution in [0.3, 0.4) is 0 Å². The summed E-state index contributed by atoms with van der Waals surface area (Å²) in [5.74, 6) is -0.0546. The molecule has 4 aromatic rings. The van der Waals surface area contributed by atoms with E-state index in [1.165, 1.54) is 7.11 Å². The lowest BCUT2D eigenvalue weighted by molar-refractivity contribution is 0.0302. The Morgan fingerprint density at radius 1 is 1.15 bits per heavy atom. The molecule has 1 amide bonds. The summed E-state index contributed by atoms with van der Waals surface area (Å²) in [6.07, 6.45) is 4.31. The topological polar surface area (TPSA) is 107 Å². The number of carbonyl (C=O) groups is 1. The van der Waals surface area contributed by atoms with Gasteiger partial charge < -0.3 is 19.7 Å². The van der Waals surface area contributed by atoms with Gasteiger partial charge in [0.2, 0.25) is 5.95 Å². The predicted octanol–water partition coefficient (Wildman–Crippen LogP) is 2.79. The van der Waals surface area contributed by atoms with Crippen molar-refractivity contribution >= 4 is 28.6 Å². The van der Waals surface area contributed by atoms with Gasteiger partial charge in [0.15, 0.2) is 11.5 Å². The number of carbonyl (C=O) groups excluding carboxylic acids is 1. The first-order valence-corrected chi connectivity index (χ1v) is 10.7. The van der Waals surface area contributed by atoms with Crippen LogP contribution >= 0.6 is 0 Å². The molecule has 0 aliphatic carbocycles. The van der Waals surface area contributed by atoms with Gasteiger partial charge in [0.1, 0.15) is 11.4 Å². The first kappa shape index (κ1) is 21.7. The average Bonchev–Trinajstić information content (AvgIpc) is 3.25. The molecule has 1 aliphatic rings. The van der Waals surface area contributed by atoms with Gasteiger partial charge in [-0.05, 0) is 24.3 Å². The summed E-state index contributed by atoms with van der Waals surface area (Å²) < 4.78 is 27.0. The lowest BCUT2D eigenvalue weighted by Gasteiger charge is -2.27. The van der Waals surface area contributed by atoms with Crippen molar-refractivity contribution in [3.05, 3.63) is 54.2 Å². The molecule has 0 bridgehead atoms. The van der Waals surface area contributed by atoms with E-state index in [9.17, 15) is 9.18 Å². The molecule has 0 atom stereocenters. The highest BCUT2D eigenvalue weighted by atomic mass is 19.1. The van der Waals surface area contributed by atoms with Crippen molar-refractivity contribution in [3.8, 4) is 17.0 Å². The molecular weight excluding hydrogens is 441 g/mol.